The number of aromatic nitrogens is 2. The Morgan fingerprint density at radius 2 is 1.10 bits per heavy atom. The number of nitrogens with zero attached hydrogens (tertiary/aromatic N) is 6. The van der Waals surface area contributed by atoms with E-state index in [-0.39, 0.29) is 53.8 Å². The van der Waals surface area contributed by atoms with Crippen molar-refractivity contribution in [3.63, 3.8) is 0 Å². The Morgan fingerprint density at radius 1 is 0.696 bits per heavy atom. The number of likely N-dealkylation sites (N-methyl/N-ethyl adjacent to an activating group) is 2. The molecule has 0 spiro atoms. The van der Waals surface area contributed by atoms with Gasteiger partial charge in [0, 0.05) is 71.7 Å². The fourth-order valence-electron chi connectivity index (χ4n) is 8.18. The van der Waals surface area contributed by atoms with E-state index in [1.165, 1.54) is 19.3 Å². The molecule has 8 rings (SSSR count). The summed E-state index contributed by atoms with van der Waals surface area (Å²) in [6, 6.07) is 1.93. The number of carbonyl (C=O) groups excluding carboxylic acids is 3. The number of rotatable bonds is 9. The molecule has 0 bridgehead atoms. The number of carbonyl (C=O) groups is 4. The van der Waals surface area contributed by atoms with E-state index < -0.39 is 58.6 Å². The Bertz CT molecular complexity index is 2700. The minimum absolute atomic E-state index is 0.0188. The molecule has 4 aliphatic heterocycles. The Hall–Kier alpha value is -6.39. The van der Waals surface area contributed by atoms with Crippen LogP contribution in [0.25, 0.3) is 21.8 Å². The molecule has 4 aliphatic rings. The van der Waals surface area contributed by atoms with Gasteiger partial charge in [0.15, 0.2) is 28.7 Å². The number of aromatic carboxylic acids is 1. The maximum Gasteiger partial charge on any atom is 0.511 e. The number of esters is 1. The molecule has 20 nitrogen and oxygen atoms in total. The number of carboxylic acids is 1. The van der Waals surface area contributed by atoms with Crippen LogP contribution in [-0.2, 0) is 23.7 Å². The third-order valence-corrected chi connectivity index (χ3v) is 11.8. The van der Waals surface area contributed by atoms with Crippen molar-refractivity contribution < 1.29 is 66.2 Å². The number of pyridine rings is 2. The summed E-state index contributed by atoms with van der Waals surface area (Å²) in [6.45, 7) is 16.6. The number of piperazine rings is 2. The molecule has 2 fully saturated rings. The van der Waals surface area contributed by atoms with E-state index >= 15 is 4.39 Å². The molecule has 2 unspecified atom stereocenters. The van der Waals surface area contributed by atoms with Crippen LogP contribution in [0.4, 0.5) is 29.7 Å². The molecule has 2 saturated heterocycles. The first-order chi connectivity index (χ1) is 32.7. The van der Waals surface area contributed by atoms with Crippen LogP contribution in [-0.4, -0.2) is 153 Å². The van der Waals surface area contributed by atoms with Gasteiger partial charge in [-0.15, -0.1) is 0 Å². The molecule has 2 aromatic carbocycles. The predicted molar refractivity (Wildman–Crippen MR) is 250 cm³/mol. The van der Waals surface area contributed by atoms with Gasteiger partial charge in [0.25, 0.3) is 0 Å². The number of alkyl halides is 1. The molecule has 2 aromatic heterocycles. The van der Waals surface area contributed by atoms with E-state index in [9.17, 15) is 38.3 Å². The molecule has 1 N–H and O–H groups in total. The summed E-state index contributed by atoms with van der Waals surface area (Å²) in [5, 5.41) is 9.38. The molecule has 376 valence electrons. The van der Waals surface area contributed by atoms with Crippen LogP contribution in [0.3, 0.4) is 0 Å². The zero-order valence-corrected chi connectivity index (χ0v) is 40.4. The van der Waals surface area contributed by atoms with E-state index in [1.54, 1.807) is 29.9 Å². The zero-order chi connectivity index (χ0) is 50.4. The summed E-state index contributed by atoms with van der Waals surface area (Å²) < 4.78 is 69.0. The highest BCUT2D eigenvalue weighted by atomic mass is 35.5. The number of hydrogen-bond acceptors (Lipinski definition) is 17. The Balaban J connectivity index is 0.000000197. The van der Waals surface area contributed by atoms with Crippen molar-refractivity contribution in [2.75, 3.05) is 103 Å². The average Bonchev–Trinajstić information content (AvgIpc) is 3.28. The second-order valence-corrected chi connectivity index (χ2v) is 17.4. The Kier molecular flexibility index (Phi) is 16.8. The molecule has 0 saturated carbocycles. The van der Waals surface area contributed by atoms with Gasteiger partial charge in [0.2, 0.25) is 17.1 Å². The van der Waals surface area contributed by atoms with Crippen molar-refractivity contribution in [1.82, 2.24) is 18.9 Å². The van der Waals surface area contributed by atoms with Crippen molar-refractivity contribution in [1.29, 1.82) is 0 Å². The van der Waals surface area contributed by atoms with Crippen LogP contribution in [0.2, 0.25) is 0 Å². The van der Waals surface area contributed by atoms with Crippen LogP contribution in [0.1, 0.15) is 74.3 Å². The first kappa shape index (κ1) is 52.0. The van der Waals surface area contributed by atoms with Gasteiger partial charge in [-0.2, -0.15) is 0 Å². The maximum atomic E-state index is 15.4. The number of hydrogen-bond donors (Lipinski definition) is 1. The van der Waals surface area contributed by atoms with Crippen LogP contribution < -0.4 is 30.1 Å². The summed E-state index contributed by atoms with van der Waals surface area (Å²) in [7, 11) is 4.02. The molecular formula is C46H57ClF2N6O14. The van der Waals surface area contributed by atoms with Gasteiger partial charge in [-0.05, 0) is 60.8 Å². The molecule has 69 heavy (non-hydrogen) atoms. The summed E-state index contributed by atoms with van der Waals surface area (Å²) in [5.41, 5.74) is -1.07. The van der Waals surface area contributed by atoms with Crippen molar-refractivity contribution >= 4 is 69.0 Å². The molecule has 0 radical (unpaired) electrons. The van der Waals surface area contributed by atoms with Gasteiger partial charge in [-0.1, -0.05) is 11.6 Å². The van der Waals surface area contributed by atoms with Gasteiger partial charge in [-0.3, -0.25) is 9.59 Å². The summed E-state index contributed by atoms with van der Waals surface area (Å²) in [4.78, 5) is 79.9. The average molecular weight is 991 g/mol. The molecule has 6 heterocycles. The number of benzene rings is 2. The minimum Gasteiger partial charge on any atom is -0.487 e. The van der Waals surface area contributed by atoms with E-state index in [2.05, 4.69) is 24.0 Å². The minimum atomic E-state index is -1.32. The van der Waals surface area contributed by atoms with Gasteiger partial charge in [0.1, 0.15) is 35.7 Å². The van der Waals surface area contributed by atoms with E-state index in [4.69, 9.17) is 30.5 Å². The van der Waals surface area contributed by atoms with Gasteiger partial charge >= 0.3 is 24.2 Å². The van der Waals surface area contributed by atoms with E-state index in [0.717, 1.165) is 38.3 Å². The fourth-order valence-corrected chi connectivity index (χ4v) is 8.25. The zero-order valence-electron chi connectivity index (χ0n) is 39.7. The Morgan fingerprint density at radius 3 is 1.51 bits per heavy atom. The molecule has 0 aliphatic carbocycles. The second kappa shape index (κ2) is 22.4. The monoisotopic (exact) mass is 990 g/mol. The normalized spacial score (nSPS) is 18.5. The molecule has 0 amide bonds. The highest BCUT2D eigenvalue weighted by Gasteiger charge is 2.33. The van der Waals surface area contributed by atoms with Crippen LogP contribution in [0.15, 0.2) is 34.1 Å². The van der Waals surface area contributed by atoms with E-state index in [1.807, 2.05) is 37.7 Å². The maximum absolute atomic E-state index is 15.4. The lowest BCUT2D eigenvalue weighted by molar-refractivity contribution is -0.0812. The number of carboxylic acid groups (broad SMARTS) is 1. The van der Waals surface area contributed by atoms with Gasteiger partial charge in [0.05, 0.1) is 47.1 Å². The third kappa shape index (κ3) is 11.6. The lowest BCUT2D eigenvalue weighted by Crippen LogP contribution is -2.45. The largest absolute Gasteiger partial charge is 0.511 e. The third-order valence-electron chi connectivity index (χ3n) is 11.7. The molecule has 4 aromatic rings. The van der Waals surface area contributed by atoms with Crippen molar-refractivity contribution in [3.05, 3.63) is 67.7 Å². The van der Waals surface area contributed by atoms with Gasteiger partial charge in [-0.25, -0.2) is 28.0 Å². The number of anilines is 2. The standard InChI is InChI=1S/C23H28FN3O7.C18H20FN3O4.C5H9ClO3/c1-5-31-23(30)34-14(3)33-22(29)16-11-27-13(2)12-32-21-18(27)15(20(16)28)10-17(24)19(21)26-8-6-25(4)7-9-26;1-10-9-26-17-14-11(16(23)12(18(24)25)8-22(10)14)7-13(19)15(17)21-5-3-20(2)4-6-21;1-3-8-5(7)9-4(2)6/h10-11,13-14H,5-9,12H2,1-4H3;7-8,10H,3-6,9H2,1-2H3,(H,24,25);4H,3H2,1-2H3/t13-,14?;10-;/m00./s1. The lowest BCUT2D eigenvalue weighted by atomic mass is 10.1. The summed E-state index contributed by atoms with van der Waals surface area (Å²) >= 11 is 5.29. The highest BCUT2D eigenvalue weighted by molar-refractivity contribution is 6.19. The first-order valence-electron chi connectivity index (χ1n) is 22.5. The SMILES string of the molecule is CCOC(=O)OC(C)Cl.CCOC(=O)OC(C)OC(=O)c1cn2c3c(c(N4CCN(C)CC4)c(F)cc3c1=O)OC[C@@H]2C.C[C@H]1COc2c(N3CCN(C)CC3)c(F)cc3c(=O)c(C(=O)O)cn1c23. The van der Waals surface area contributed by atoms with Crippen LogP contribution >= 0.6 is 11.6 Å². The second-order valence-electron chi connectivity index (χ2n) is 16.7. The first-order valence-corrected chi connectivity index (χ1v) is 22.9. The van der Waals surface area contributed by atoms with Crippen LogP contribution in [0, 0.1) is 11.6 Å². The summed E-state index contributed by atoms with van der Waals surface area (Å²) in [6.07, 6.45) is -0.264. The van der Waals surface area contributed by atoms with Crippen LogP contribution in [0.5, 0.6) is 11.5 Å². The van der Waals surface area contributed by atoms with E-state index in [0.29, 0.717) is 66.7 Å². The molecule has 4 atom stereocenters. The van der Waals surface area contributed by atoms with Crippen molar-refractivity contribution in [2.24, 2.45) is 0 Å². The number of halogens is 3. The highest BCUT2D eigenvalue weighted by Crippen LogP contribution is 2.43. The number of ether oxygens (including phenoxy) is 7. The molecular weight excluding hydrogens is 934 g/mol. The summed E-state index contributed by atoms with van der Waals surface area (Å²) in [5.74, 6) is -2.82. The Labute approximate surface area is 400 Å². The quantitative estimate of drug-likeness (QED) is 0.0908. The lowest BCUT2D eigenvalue weighted by Gasteiger charge is -2.37. The van der Waals surface area contributed by atoms with Crippen molar-refractivity contribution in [3.8, 4) is 11.5 Å². The van der Waals surface area contributed by atoms with Gasteiger partial charge < -0.3 is 67.0 Å². The smallest absolute Gasteiger partial charge is 0.487 e. The fraction of sp³-hybridized carbons (Fsp3) is 0.522. The molecule has 23 heteroatoms. The predicted octanol–water partition coefficient (Wildman–Crippen LogP) is 5.81. The topological polar surface area (TPSA) is 210 Å². The van der Waals surface area contributed by atoms with Crippen molar-refractivity contribution in [2.45, 2.75) is 65.5 Å².